The Bertz CT molecular complexity index is 634. The predicted molar refractivity (Wildman–Crippen MR) is 82.6 cm³/mol. The summed E-state index contributed by atoms with van der Waals surface area (Å²) in [5, 5.41) is 3.19. The van der Waals surface area contributed by atoms with Crippen molar-refractivity contribution in [3.8, 4) is 5.75 Å². The van der Waals surface area contributed by atoms with Crippen molar-refractivity contribution in [2.75, 3.05) is 14.2 Å². The number of rotatable bonds is 5. The molecule has 2 nitrogen and oxygen atoms in total. The van der Waals surface area contributed by atoms with Crippen LogP contribution in [0.25, 0.3) is 0 Å². The van der Waals surface area contributed by atoms with Crippen molar-refractivity contribution in [2.45, 2.75) is 12.5 Å². The fourth-order valence-electron chi connectivity index (χ4n) is 2.25. The van der Waals surface area contributed by atoms with Crippen LogP contribution in [0.1, 0.15) is 17.2 Å². The predicted octanol–water partition coefficient (Wildman–Crippen LogP) is 4.24. The molecule has 2 aromatic carbocycles. The summed E-state index contributed by atoms with van der Waals surface area (Å²) in [6.07, 6.45) is 0.528. The Morgan fingerprint density at radius 3 is 2.52 bits per heavy atom. The summed E-state index contributed by atoms with van der Waals surface area (Å²) in [6.45, 7) is 0. The number of methoxy groups -OCH3 is 1. The quantitative estimate of drug-likeness (QED) is 0.865. The van der Waals surface area contributed by atoms with Gasteiger partial charge in [-0.2, -0.15) is 0 Å². The lowest BCUT2D eigenvalue weighted by molar-refractivity contribution is 0.401. The summed E-state index contributed by atoms with van der Waals surface area (Å²) in [6, 6.07) is 9.62. The average Bonchev–Trinajstić information content (AvgIpc) is 2.48. The molecule has 0 aromatic heterocycles. The Balaban J connectivity index is 2.31. The van der Waals surface area contributed by atoms with E-state index in [1.807, 2.05) is 25.2 Å². The molecule has 2 aromatic rings. The fourth-order valence-corrected chi connectivity index (χ4v) is 2.63. The van der Waals surface area contributed by atoms with Crippen LogP contribution in [0, 0.1) is 11.6 Å². The second kappa shape index (κ2) is 7.00. The van der Waals surface area contributed by atoms with E-state index in [1.165, 1.54) is 6.07 Å². The minimum Gasteiger partial charge on any atom is -0.496 e. The topological polar surface area (TPSA) is 21.3 Å². The van der Waals surface area contributed by atoms with Crippen LogP contribution >= 0.6 is 15.9 Å². The molecule has 0 spiro atoms. The zero-order valence-electron chi connectivity index (χ0n) is 11.8. The Morgan fingerprint density at radius 1 is 1.14 bits per heavy atom. The van der Waals surface area contributed by atoms with Crippen LogP contribution in [-0.2, 0) is 6.42 Å². The van der Waals surface area contributed by atoms with Crippen LogP contribution in [0.5, 0.6) is 5.75 Å². The van der Waals surface area contributed by atoms with E-state index in [0.29, 0.717) is 6.42 Å². The zero-order chi connectivity index (χ0) is 15.4. The molecule has 0 saturated carbocycles. The molecule has 2 rings (SSSR count). The van der Waals surface area contributed by atoms with Crippen LogP contribution in [0.4, 0.5) is 8.78 Å². The first-order valence-electron chi connectivity index (χ1n) is 6.49. The summed E-state index contributed by atoms with van der Waals surface area (Å²) in [7, 11) is 3.43. The van der Waals surface area contributed by atoms with E-state index in [9.17, 15) is 8.78 Å². The number of benzene rings is 2. The molecule has 0 amide bonds. The van der Waals surface area contributed by atoms with Gasteiger partial charge in [0.15, 0.2) is 11.6 Å². The number of hydrogen-bond acceptors (Lipinski definition) is 2. The molecule has 0 aliphatic rings. The van der Waals surface area contributed by atoms with Gasteiger partial charge in [0.1, 0.15) is 5.75 Å². The van der Waals surface area contributed by atoms with Crippen molar-refractivity contribution in [3.63, 3.8) is 0 Å². The van der Waals surface area contributed by atoms with Crippen LogP contribution < -0.4 is 10.1 Å². The maximum atomic E-state index is 13.3. The number of ether oxygens (including phenoxy) is 1. The minimum atomic E-state index is -0.834. The third kappa shape index (κ3) is 3.80. The number of likely N-dealkylation sites (N-methyl/N-ethyl adjacent to an activating group) is 1. The lowest BCUT2D eigenvalue weighted by atomic mass is 9.98. The van der Waals surface area contributed by atoms with Gasteiger partial charge in [-0.3, -0.25) is 0 Å². The van der Waals surface area contributed by atoms with Crippen LogP contribution in [0.2, 0.25) is 0 Å². The second-order valence-corrected chi connectivity index (χ2v) is 5.60. The molecular weight excluding hydrogens is 340 g/mol. The van der Waals surface area contributed by atoms with Gasteiger partial charge in [0.05, 0.1) is 7.11 Å². The van der Waals surface area contributed by atoms with E-state index >= 15 is 0 Å². The first-order chi connectivity index (χ1) is 10.0. The SMILES string of the molecule is CNC(Cc1ccc(F)c(F)c1)c1cc(Br)ccc1OC. The smallest absolute Gasteiger partial charge is 0.159 e. The summed E-state index contributed by atoms with van der Waals surface area (Å²) in [5.41, 5.74) is 1.68. The minimum absolute atomic E-state index is 0.0673. The van der Waals surface area contributed by atoms with Crippen molar-refractivity contribution >= 4 is 15.9 Å². The maximum Gasteiger partial charge on any atom is 0.159 e. The molecule has 112 valence electrons. The van der Waals surface area contributed by atoms with E-state index in [2.05, 4.69) is 21.2 Å². The van der Waals surface area contributed by atoms with E-state index < -0.39 is 11.6 Å². The highest BCUT2D eigenvalue weighted by Crippen LogP contribution is 2.30. The summed E-state index contributed by atoms with van der Waals surface area (Å²) < 4.78 is 32.6. The first-order valence-corrected chi connectivity index (χ1v) is 7.29. The molecule has 0 aliphatic heterocycles. The van der Waals surface area contributed by atoms with Gasteiger partial charge in [0, 0.05) is 16.1 Å². The highest BCUT2D eigenvalue weighted by Gasteiger charge is 2.16. The molecule has 0 aliphatic carbocycles. The van der Waals surface area contributed by atoms with Crippen LogP contribution in [0.3, 0.4) is 0 Å². The molecule has 21 heavy (non-hydrogen) atoms. The molecule has 0 saturated heterocycles. The molecule has 1 N–H and O–H groups in total. The van der Waals surface area contributed by atoms with E-state index in [0.717, 1.165) is 27.4 Å². The van der Waals surface area contributed by atoms with Crippen LogP contribution in [0.15, 0.2) is 40.9 Å². The molecule has 5 heteroatoms. The summed E-state index contributed by atoms with van der Waals surface area (Å²) >= 11 is 3.44. The van der Waals surface area contributed by atoms with Gasteiger partial charge in [0.25, 0.3) is 0 Å². The van der Waals surface area contributed by atoms with E-state index in [-0.39, 0.29) is 6.04 Å². The molecule has 0 bridgehead atoms. The zero-order valence-corrected chi connectivity index (χ0v) is 13.4. The van der Waals surface area contributed by atoms with Gasteiger partial charge >= 0.3 is 0 Å². The van der Waals surface area contributed by atoms with Gasteiger partial charge in [-0.25, -0.2) is 8.78 Å². The van der Waals surface area contributed by atoms with Crippen molar-refractivity contribution in [1.82, 2.24) is 5.32 Å². The van der Waals surface area contributed by atoms with Crippen molar-refractivity contribution in [3.05, 3.63) is 63.6 Å². The van der Waals surface area contributed by atoms with Crippen molar-refractivity contribution in [2.24, 2.45) is 0 Å². The average molecular weight is 356 g/mol. The lowest BCUT2D eigenvalue weighted by Crippen LogP contribution is -2.19. The van der Waals surface area contributed by atoms with E-state index in [1.54, 1.807) is 13.2 Å². The first kappa shape index (κ1) is 15.9. The molecule has 0 fully saturated rings. The number of nitrogens with one attached hydrogen (secondary N) is 1. The monoisotopic (exact) mass is 355 g/mol. The van der Waals surface area contributed by atoms with Gasteiger partial charge in [0.2, 0.25) is 0 Å². The Labute approximate surface area is 131 Å². The molecule has 1 atom stereocenters. The highest BCUT2D eigenvalue weighted by molar-refractivity contribution is 9.10. The number of hydrogen-bond donors (Lipinski definition) is 1. The standard InChI is InChI=1S/C16H16BrF2NO/c1-20-15(8-10-3-5-13(18)14(19)7-10)12-9-11(17)4-6-16(12)21-2/h3-7,9,15,20H,8H2,1-2H3. The second-order valence-electron chi connectivity index (χ2n) is 4.68. The molecule has 0 heterocycles. The molecule has 0 radical (unpaired) electrons. The van der Waals surface area contributed by atoms with Gasteiger partial charge in [-0.05, 0) is 49.4 Å². The Morgan fingerprint density at radius 2 is 1.90 bits per heavy atom. The lowest BCUT2D eigenvalue weighted by Gasteiger charge is -2.20. The van der Waals surface area contributed by atoms with Gasteiger partial charge in [-0.1, -0.05) is 22.0 Å². The van der Waals surface area contributed by atoms with Gasteiger partial charge in [-0.15, -0.1) is 0 Å². The Kier molecular flexibility index (Phi) is 5.31. The third-order valence-electron chi connectivity index (χ3n) is 3.34. The largest absolute Gasteiger partial charge is 0.496 e. The normalized spacial score (nSPS) is 12.2. The summed E-state index contributed by atoms with van der Waals surface area (Å²) in [5.74, 6) is -0.913. The third-order valence-corrected chi connectivity index (χ3v) is 3.83. The maximum absolute atomic E-state index is 13.3. The highest BCUT2D eigenvalue weighted by atomic mass is 79.9. The molecule has 1 unspecified atom stereocenters. The fraction of sp³-hybridized carbons (Fsp3) is 0.250. The molecular formula is C16H16BrF2NO. The van der Waals surface area contributed by atoms with Crippen molar-refractivity contribution in [1.29, 1.82) is 0 Å². The van der Waals surface area contributed by atoms with Crippen molar-refractivity contribution < 1.29 is 13.5 Å². The summed E-state index contributed by atoms with van der Waals surface area (Å²) in [4.78, 5) is 0. The van der Waals surface area contributed by atoms with Gasteiger partial charge < -0.3 is 10.1 Å². The number of halogens is 3. The Hall–Kier alpha value is -1.46. The van der Waals surface area contributed by atoms with Crippen LogP contribution in [-0.4, -0.2) is 14.2 Å². The van der Waals surface area contributed by atoms with E-state index in [4.69, 9.17) is 4.74 Å².